The minimum absolute atomic E-state index is 0.0359. The molecule has 8 heteroatoms. The number of hydrogen-bond acceptors (Lipinski definition) is 6. The molecule has 1 aromatic heterocycles. The number of likely N-dealkylation sites (tertiary alicyclic amines) is 1. The predicted molar refractivity (Wildman–Crippen MR) is 107 cm³/mol. The lowest BCUT2D eigenvalue weighted by molar-refractivity contribution is -0.0445. The van der Waals surface area contributed by atoms with Crippen molar-refractivity contribution in [2.24, 2.45) is 0 Å². The van der Waals surface area contributed by atoms with Gasteiger partial charge >= 0.3 is 0 Å². The van der Waals surface area contributed by atoms with E-state index in [9.17, 15) is 4.21 Å². The van der Waals surface area contributed by atoms with Crippen LogP contribution in [0, 0.1) is 6.92 Å². The van der Waals surface area contributed by atoms with E-state index < -0.39 is 16.6 Å². The Bertz CT molecular complexity index is 718. The summed E-state index contributed by atoms with van der Waals surface area (Å²) in [7, 11) is -1.34. The molecule has 4 rings (SSSR count). The molecule has 2 atom stereocenters. The number of pyridine rings is 1. The zero-order valence-electron chi connectivity index (χ0n) is 16.9. The number of piperidine rings is 1. The highest BCUT2D eigenvalue weighted by atomic mass is 32.2. The average Bonchev–Trinajstić information content (AvgIpc) is 2.81. The van der Waals surface area contributed by atoms with Gasteiger partial charge in [0, 0.05) is 31.5 Å². The number of aryl methyl sites for hydroxylation is 1. The van der Waals surface area contributed by atoms with Gasteiger partial charge in [-0.05, 0) is 45.8 Å². The minimum atomic E-state index is -1.34. The summed E-state index contributed by atoms with van der Waals surface area (Å²) in [6.45, 7) is 9.03. The van der Waals surface area contributed by atoms with Crippen LogP contribution >= 0.6 is 0 Å². The van der Waals surface area contributed by atoms with Gasteiger partial charge in [-0.2, -0.15) is 4.98 Å². The van der Waals surface area contributed by atoms with Crippen LogP contribution in [-0.4, -0.2) is 65.2 Å². The molecule has 3 aliphatic rings. The van der Waals surface area contributed by atoms with Gasteiger partial charge in [0.1, 0.15) is 27.6 Å². The molecule has 3 aliphatic heterocycles. The number of nitrogens with zero attached hydrogens (tertiary/aromatic N) is 2. The first-order valence-corrected chi connectivity index (χ1v) is 11.5. The van der Waals surface area contributed by atoms with Gasteiger partial charge in [0.15, 0.2) is 0 Å². The number of rotatable bonds is 4. The van der Waals surface area contributed by atoms with Crippen LogP contribution in [-0.2, 0) is 15.7 Å². The van der Waals surface area contributed by atoms with Crippen molar-refractivity contribution in [3.63, 3.8) is 0 Å². The Morgan fingerprint density at radius 3 is 2.82 bits per heavy atom. The normalized spacial score (nSPS) is 26.1. The van der Waals surface area contributed by atoms with Crippen LogP contribution in [0.4, 0.5) is 0 Å². The number of aromatic nitrogens is 1. The van der Waals surface area contributed by atoms with E-state index in [1.807, 2.05) is 13.0 Å². The zero-order valence-corrected chi connectivity index (χ0v) is 17.7. The van der Waals surface area contributed by atoms with E-state index in [2.05, 4.69) is 21.5 Å². The maximum Gasteiger partial charge on any atom is 0.235 e. The molecule has 1 aromatic rings. The van der Waals surface area contributed by atoms with Crippen molar-refractivity contribution in [1.82, 2.24) is 14.6 Å². The third-order valence-electron chi connectivity index (χ3n) is 5.82. The van der Waals surface area contributed by atoms with E-state index in [-0.39, 0.29) is 6.10 Å². The fourth-order valence-corrected chi connectivity index (χ4v) is 5.23. The van der Waals surface area contributed by atoms with Crippen molar-refractivity contribution < 1.29 is 18.4 Å². The van der Waals surface area contributed by atoms with E-state index in [4.69, 9.17) is 14.2 Å². The summed E-state index contributed by atoms with van der Waals surface area (Å²) < 4.78 is 33.8. The van der Waals surface area contributed by atoms with Gasteiger partial charge in [0.05, 0.1) is 13.2 Å². The molecular weight excluding hydrogens is 378 g/mol. The van der Waals surface area contributed by atoms with Crippen molar-refractivity contribution >= 4 is 11.0 Å². The van der Waals surface area contributed by atoms with Gasteiger partial charge in [-0.3, -0.25) is 4.90 Å². The highest BCUT2D eigenvalue weighted by Gasteiger charge is 2.39. The summed E-state index contributed by atoms with van der Waals surface area (Å²) in [6, 6.07) is 1.88. The van der Waals surface area contributed by atoms with Crippen LogP contribution < -0.4 is 14.2 Å². The van der Waals surface area contributed by atoms with E-state index in [1.165, 1.54) is 19.3 Å². The summed E-state index contributed by atoms with van der Waals surface area (Å²) in [5.74, 6) is 1.00. The van der Waals surface area contributed by atoms with Crippen molar-refractivity contribution in [2.75, 3.05) is 39.4 Å². The molecule has 0 aromatic carbocycles. The van der Waals surface area contributed by atoms with Crippen molar-refractivity contribution in [2.45, 2.75) is 62.6 Å². The van der Waals surface area contributed by atoms with Crippen LogP contribution in [0.3, 0.4) is 0 Å². The Morgan fingerprint density at radius 2 is 2.07 bits per heavy atom. The molecule has 1 N–H and O–H groups in total. The molecule has 4 heterocycles. The molecule has 0 amide bonds. The molecule has 156 valence electrons. The standard InChI is InChI=1S/C20H31N3O4S/c1-15-12-17-19(27-20(14-21-28(17)24)6-10-25-11-7-20)22-18(15)26-16(2)13-23-8-4-3-5-9-23/h12,16,21H,3-11,13-14H2,1-2H3. The van der Waals surface area contributed by atoms with Gasteiger partial charge in [0.2, 0.25) is 11.8 Å². The summed E-state index contributed by atoms with van der Waals surface area (Å²) in [5, 5.41) is 0. The molecule has 2 unspecified atom stereocenters. The SMILES string of the molecule is Cc1cc2c(nc1OC(C)CN1CCCCC1)OC1(CCOCC1)CNS2=O. The van der Waals surface area contributed by atoms with Crippen LogP contribution in [0.2, 0.25) is 0 Å². The molecule has 0 radical (unpaired) electrons. The van der Waals surface area contributed by atoms with Crippen molar-refractivity contribution in [3.8, 4) is 11.8 Å². The monoisotopic (exact) mass is 409 g/mol. The lowest BCUT2D eigenvalue weighted by atomic mass is 9.94. The minimum Gasteiger partial charge on any atom is -0.473 e. The van der Waals surface area contributed by atoms with Gasteiger partial charge in [-0.25, -0.2) is 8.93 Å². The molecule has 0 bridgehead atoms. The maximum absolute atomic E-state index is 12.7. The Kier molecular flexibility index (Phi) is 6.20. The fourth-order valence-electron chi connectivity index (χ4n) is 4.15. The maximum atomic E-state index is 12.7. The summed E-state index contributed by atoms with van der Waals surface area (Å²) in [6.07, 6.45) is 5.41. The second-order valence-corrected chi connectivity index (χ2v) is 9.46. The second kappa shape index (κ2) is 8.65. The Balaban J connectivity index is 1.52. The lowest BCUT2D eigenvalue weighted by Crippen LogP contribution is -2.48. The van der Waals surface area contributed by atoms with Gasteiger partial charge in [-0.1, -0.05) is 6.42 Å². The molecule has 1 spiro atoms. The molecule has 0 aliphatic carbocycles. The van der Waals surface area contributed by atoms with E-state index >= 15 is 0 Å². The topological polar surface area (TPSA) is 72.9 Å². The number of fused-ring (bicyclic) bond motifs is 1. The smallest absolute Gasteiger partial charge is 0.235 e. The Morgan fingerprint density at radius 1 is 1.32 bits per heavy atom. The van der Waals surface area contributed by atoms with Crippen LogP contribution in [0.25, 0.3) is 0 Å². The third-order valence-corrected chi connectivity index (χ3v) is 6.92. The molecule has 2 saturated heterocycles. The average molecular weight is 410 g/mol. The van der Waals surface area contributed by atoms with Crippen molar-refractivity contribution in [3.05, 3.63) is 11.6 Å². The quantitative estimate of drug-likeness (QED) is 0.822. The molecule has 28 heavy (non-hydrogen) atoms. The van der Waals surface area contributed by atoms with Crippen molar-refractivity contribution in [1.29, 1.82) is 0 Å². The molecule has 0 saturated carbocycles. The number of nitrogens with one attached hydrogen (secondary N) is 1. The first-order chi connectivity index (χ1) is 13.5. The largest absolute Gasteiger partial charge is 0.473 e. The van der Waals surface area contributed by atoms with Gasteiger partial charge in [0.25, 0.3) is 0 Å². The lowest BCUT2D eigenvalue weighted by Gasteiger charge is -2.35. The predicted octanol–water partition coefficient (Wildman–Crippen LogP) is 2.20. The Hall–Kier alpha value is -1.22. The summed E-state index contributed by atoms with van der Waals surface area (Å²) in [5.41, 5.74) is 0.462. The third kappa shape index (κ3) is 4.50. The van der Waals surface area contributed by atoms with Gasteiger partial charge in [-0.15, -0.1) is 0 Å². The summed E-state index contributed by atoms with van der Waals surface area (Å²) in [4.78, 5) is 7.72. The first-order valence-electron chi connectivity index (χ1n) is 10.4. The highest BCUT2D eigenvalue weighted by Crippen LogP contribution is 2.35. The van der Waals surface area contributed by atoms with E-state index in [0.29, 0.717) is 36.4 Å². The van der Waals surface area contributed by atoms with E-state index in [0.717, 1.165) is 38.0 Å². The fraction of sp³-hybridized carbons (Fsp3) is 0.750. The molecular formula is C20H31N3O4S. The highest BCUT2D eigenvalue weighted by molar-refractivity contribution is 7.83. The molecule has 2 fully saturated rings. The Labute approximate surface area is 169 Å². The van der Waals surface area contributed by atoms with Crippen LogP contribution in [0.1, 0.15) is 44.6 Å². The second-order valence-electron chi connectivity index (χ2n) is 8.19. The van der Waals surface area contributed by atoms with Crippen LogP contribution in [0.5, 0.6) is 11.8 Å². The van der Waals surface area contributed by atoms with Crippen LogP contribution in [0.15, 0.2) is 11.0 Å². The molecule has 7 nitrogen and oxygen atoms in total. The number of hydrogen-bond donors (Lipinski definition) is 1. The zero-order chi connectivity index (χ0) is 19.6. The van der Waals surface area contributed by atoms with E-state index in [1.54, 1.807) is 0 Å². The number of ether oxygens (including phenoxy) is 3. The first kappa shape index (κ1) is 20.1. The summed E-state index contributed by atoms with van der Waals surface area (Å²) >= 11 is 0. The van der Waals surface area contributed by atoms with Gasteiger partial charge < -0.3 is 14.2 Å².